The number of fused-ring (bicyclic) bond motifs is 3. The molecule has 4 rings (SSSR count). The maximum atomic E-state index is 13.0. The summed E-state index contributed by atoms with van der Waals surface area (Å²) in [5.41, 5.74) is 5.25. The Morgan fingerprint density at radius 1 is 1.12 bits per heavy atom. The van der Waals surface area contributed by atoms with Gasteiger partial charge in [-0.15, -0.1) is 0 Å². The van der Waals surface area contributed by atoms with E-state index in [1.54, 1.807) is 22.5 Å². The monoisotopic (exact) mass is 374 g/mol. The average Bonchev–Trinajstić information content (AvgIpc) is 2.93. The van der Waals surface area contributed by atoms with E-state index in [4.69, 9.17) is 11.6 Å². The first-order chi connectivity index (χ1) is 11.9. The molecule has 2 heterocycles. The van der Waals surface area contributed by atoms with E-state index in [2.05, 4.69) is 30.1 Å². The van der Waals surface area contributed by atoms with Crippen molar-refractivity contribution in [2.75, 3.05) is 6.54 Å². The molecule has 0 saturated carbocycles. The standard InChI is InChI=1S/C19H19ClN2O2S/c1-12-3-5-15-16-11-22(8-7-18(16)21-19(15)9-12)25(23,24)14-4-6-17(20)13(2)10-14/h3-6,9-10,21H,7-8,11H2,1-2H3. The van der Waals surface area contributed by atoms with Crippen molar-refractivity contribution in [3.05, 3.63) is 63.8 Å². The molecule has 0 saturated heterocycles. The third kappa shape index (κ3) is 2.76. The fourth-order valence-corrected chi connectivity index (χ4v) is 5.06. The number of sulfonamides is 1. The van der Waals surface area contributed by atoms with E-state index in [1.807, 2.05) is 6.92 Å². The second kappa shape index (κ2) is 5.87. The summed E-state index contributed by atoms with van der Waals surface area (Å²) < 4.78 is 27.7. The van der Waals surface area contributed by atoms with Crippen molar-refractivity contribution in [3.63, 3.8) is 0 Å². The van der Waals surface area contributed by atoms with Crippen molar-refractivity contribution in [3.8, 4) is 0 Å². The van der Waals surface area contributed by atoms with Crippen LogP contribution in [0.1, 0.15) is 22.4 Å². The van der Waals surface area contributed by atoms with Crippen molar-refractivity contribution < 1.29 is 8.42 Å². The van der Waals surface area contributed by atoms with E-state index in [9.17, 15) is 8.42 Å². The molecule has 0 unspecified atom stereocenters. The normalized spacial score (nSPS) is 15.5. The fourth-order valence-electron chi connectivity index (χ4n) is 3.44. The molecule has 130 valence electrons. The third-order valence-corrected chi connectivity index (χ3v) is 7.13. The van der Waals surface area contributed by atoms with Crippen LogP contribution in [0.25, 0.3) is 10.9 Å². The predicted molar refractivity (Wildman–Crippen MR) is 101 cm³/mol. The van der Waals surface area contributed by atoms with Gasteiger partial charge in [0.2, 0.25) is 10.0 Å². The number of benzene rings is 2. The first-order valence-corrected chi connectivity index (χ1v) is 10.0. The second-order valence-electron chi connectivity index (χ2n) is 6.63. The summed E-state index contributed by atoms with van der Waals surface area (Å²) in [5, 5.41) is 1.68. The van der Waals surface area contributed by atoms with Crippen molar-refractivity contribution in [1.82, 2.24) is 9.29 Å². The van der Waals surface area contributed by atoms with Crippen LogP contribution in [0.5, 0.6) is 0 Å². The van der Waals surface area contributed by atoms with Crippen molar-refractivity contribution in [2.45, 2.75) is 31.7 Å². The summed E-state index contributed by atoms with van der Waals surface area (Å²) in [4.78, 5) is 3.75. The quantitative estimate of drug-likeness (QED) is 0.731. The highest BCUT2D eigenvalue weighted by Crippen LogP contribution is 2.31. The molecular weight excluding hydrogens is 356 g/mol. The average molecular weight is 375 g/mol. The lowest BCUT2D eigenvalue weighted by atomic mass is 10.1. The number of hydrogen-bond donors (Lipinski definition) is 1. The zero-order valence-electron chi connectivity index (χ0n) is 14.1. The minimum Gasteiger partial charge on any atom is -0.358 e. The molecular formula is C19H19ClN2O2S. The molecule has 0 bridgehead atoms. The molecule has 25 heavy (non-hydrogen) atoms. The summed E-state index contributed by atoms with van der Waals surface area (Å²) in [7, 11) is -3.54. The van der Waals surface area contributed by atoms with Gasteiger partial charge < -0.3 is 4.98 Å². The number of hydrogen-bond acceptors (Lipinski definition) is 2. The number of aromatic nitrogens is 1. The Morgan fingerprint density at radius 3 is 2.68 bits per heavy atom. The second-order valence-corrected chi connectivity index (χ2v) is 8.98. The topological polar surface area (TPSA) is 53.2 Å². The SMILES string of the molecule is Cc1ccc2c3c([nH]c2c1)CCN(S(=O)(=O)c1ccc(Cl)c(C)c1)C3. The molecule has 6 heteroatoms. The minimum atomic E-state index is -3.54. The molecule has 4 nitrogen and oxygen atoms in total. The first kappa shape index (κ1) is 16.6. The van der Waals surface area contributed by atoms with Gasteiger partial charge in [-0.25, -0.2) is 8.42 Å². The highest BCUT2D eigenvalue weighted by atomic mass is 35.5. The molecule has 0 amide bonds. The minimum absolute atomic E-state index is 0.300. The molecule has 0 spiro atoms. The Bertz CT molecular complexity index is 1090. The molecule has 3 aromatic rings. The van der Waals surface area contributed by atoms with Crippen LogP contribution in [0.15, 0.2) is 41.3 Å². The van der Waals surface area contributed by atoms with Gasteiger partial charge in [0, 0.05) is 41.1 Å². The van der Waals surface area contributed by atoms with Crippen molar-refractivity contribution in [2.24, 2.45) is 0 Å². The summed E-state index contributed by atoms with van der Waals surface area (Å²) in [5.74, 6) is 0. The number of aromatic amines is 1. The van der Waals surface area contributed by atoms with Gasteiger partial charge in [-0.1, -0.05) is 23.7 Å². The van der Waals surface area contributed by atoms with Crippen LogP contribution in [-0.2, 0) is 23.0 Å². The molecule has 0 atom stereocenters. The van der Waals surface area contributed by atoms with Crippen LogP contribution in [0.3, 0.4) is 0 Å². The lowest BCUT2D eigenvalue weighted by Crippen LogP contribution is -2.35. The van der Waals surface area contributed by atoms with Crippen LogP contribution >= 0.6 is 11.6 Å². The number of nitrogens with one attached hydrogen (secondary N) is 1. The molecule has 0 radical (unpaired) electrons. The zero-order valence-corrected chi connectivity index (χ0v) is 15.7. The number of nitrogens with zero attached hydrogens (tertiary/aromatic N) is 1. The molecule has 0 aliphatic carbocycles. The zero-order chi connectivity index (χ0) is 17.8. The highest BCUT2D eigenvalue weighted by molar-refractivity contribution is 7.89. The Labute approximate surface area is 152 Å². The van der Waals surface area contributed by atoms with Crippen LogP contribution in [0, 0.1) is 13.8 Å². The maximum Gasteiger partial charge on any atom is 0.243 e. The van der Waals surface area contributed by atoms with Gasteiger partial charge in [-0.2, -0.15) is 4.31 Å². The van der Waals surface area contributed by atoms with E-state index >= 15 is 0 Å². The smallest absolute Gasteiger partial charge is 0.243 e. The van der Waals surface area contributed by atoms with Gasteiger partial charge in [0.05, 0.1) is 4.90 Å². The van der Waals surface area contributed by atoms with Crippen LogP contribution < -0.4 is 0 Å². The summed E-state index contributed by atoms with van der Waals surface area (Å²) in [6.45, 7) is 4.74. The Morgan fingerprint density at radius 2 is 1.92 bits per heavy atom. The summed E-state index contributed by atoms with van der Waals surface area (Å²) >= 11 is 6.03. The van der Waals surface area contributed by atoms with E-state index in [0.29, 0.717) is 29.4 Å². The number of rotatable bonds is 2. The molecule has 1 aliphatic rings. The molecule has 2 aromatic carbocycles. The first-order valence-electron chi connectivity index (χ1n) is 8.22. The fraction of sp³-hybridized carbons (Fsp3) is 0.263. The molecule has 1 aliphatic heterocycles. The summed E-state index contributed by atoms with van der Waals surface area (Å²) in [6.07, 6.45) is 0.689. The number of aryl methyl sites for hydroxylation is 2. The Hall–Kier alpha value is -1.82. The highest BCUT2D eigenvalue weighted by Gasteiger charge is 2.30. The number of H-pyrrole nitrogens is 1. The Balaban J connectivity index is 1.74. The van der Waals surface area contributed by atoms with Crippen LogP contribution in [0.4, 0.5) is 0 Å². The Kier molecular flexibility index (Phi) is 3.90. The molecule has 0 fully saturated rings. The van der Waals surface area contributed by atoms with Gasteiger partial charge in [0.25, 0.3) is 0 Å². The van der Waals surface area contributed by atoms with Crippen molar-refractivity contribution in [1.29, 1.82) is 0 Å². The lowest BCUT2D eigenvalue weighted by Gasteiger charge is -2.26. The number of halogens is 1. The van der Waals surface area contributed by atoms with E-state index in [1.165, 1.54) is 5.56 Å². The van der Waals surface area contributed by atoms with E-state index in [-0.39, 0.29) is 0 Å². The van der Waals surface area contributed by atoms with Gasteiger partial charge >= 0.3 is 0 Å². The van der Waals surface area contributed by atoms with Crippen LogP contribution in [-0.4, -0.2) is 24.3 Å². The predicted octanol–water partition coefficient (Wildman–Crippen LogP) is 4.19. The largest absolute Gasteiger partial charge is 0.358 e. The van der Waals surface area contributed by atoms with Crippen LogP contribution in [0.2, 0.25) is 5.02 Å². The lowest BCUT2D eigenvalue weighted by molar-refractivity contribution is 0.391. The summed E-state index contributed by atoms with van der Waals surface area (Å²) in [6, 6.07) is 11.1. The van der Waals surface area contributed by atoms with Crippen molar-refractivity contribution >= 4 is 32.5 Å². The van der Waals surface area contributed by atoms with Gasteiger partial charge in [0.1, 0.15) is 0 Å². The molecule has 1 aromatic heterocycles. The van der Waals surface area contributed by atoms with Gasteiger partial charge in [-0.05, 0) is 54.8 Å². The molecule has 1 N–H and O–H groups in total. The van der Waals surface area contributed by atoms with Gasteiger partial charge in [-0.3, -0.25) is 0 Å². The van der Waals surface area contributed by atoms with E-state index in [0.717, 1.165) is 27.7 Å². The van der Waals surface area contributed by atoms with E-state index < -0.39 is 10.0 Å². The third-order valence-electron chi connectivity index (χ3n) is 4.86. The maximum absolute atomic E-state index is 13.0. The van der Waals surface area contributed by atoms with Gasteiger partial charge in [0.15, 0.2) is 0 Å².